The third-order valence-electron chi connectivity index (χ3n) is 3.98. The Balaban J connectivity index is 2.43. The first-order valence-electron chi connectivity index (χ1n) is 5.71. The van der Waals surface area contributed by atoms with Crippen molar-refractivity contribution < 1.29 is 35.5 Å². The molecule has 2 nitrogen and oxygen atoms in total. The summed E-state index contributed by atoms with van der Waals surface area (Å²) < 4.78 is 90.2. The summed E-state index contributed by atoms with van der Waals surface area (Å²) in [5, 5.41) is 0. The van der Waals surface area contributed by atoms with Gasteiger partial charge in [-0.1, -0.05) is 12.2 Å². The van der Waals surface area contributed by atoms with E-state index in [4.69, 9.17) is 5.73 Å². The van der Waals surface area contributed by atoms with Gasteiger partial charge in [0.05, 0.1) is 5.92 Å². The smallest absolute Gasteiger partial charge is 0.369 e. The molecule has 0 heterocycles. The monoisotopic (exact) mass is 305 g/mol. The van der Waals surface area contributed by atoms with Crippen LogP contribution in [-0.2, 0) is 4.79 Å². The highest BCUT2D eigenvalue weighted by Gasteiger charge is 2.78. The number of rotatable bonds is 3. The van der Waals surface area contributed by atoms with E-state index in [1.54, 1.807) is 0 Å². The first-order chi connectivity index (χ1) is 8.91. The molecule has 9 heteroatoms. The Morgan fingerprint density at radius 3 is 1.95 bits per heavy atom. The van der Waals surface area contributed by atoms with Crippen molar-refractivity contribution in [2.24, 2.45) is 29.4 Å². The van der Waals surface area contributed by atoms with Crippen LogP contribution in [0.3, 0.4) is 0 Å². The van der Waals surface area contributed by atoms with Crippen LogP contribution in [0.4, 0.5) is 30.7 Å². The van der Waals surface area contributed by atoms with Gasteiger partial charge in [0.1, 0.15) is 0 Å². The van der Waals surface area contributed by atoms with Crippen LogP contribution in [0.2, 0.25) is 0 Å². The van der Waals surface area contributed by atoms with Gasteiger partial charge in [-0.2, -0.15) is 30.7 Å². The predicted molar refractivity (Wildman–Crippen MR) is 52.9 cm³/mol. The van der Waals surface area contributed by atoms with Crippen LogP contribution in [0.5, 0.6) is 0 Å². The summed E-state index contributed by atoms with van der Waals surface area (Å²) in [6.07, 6.45) is -3.96. The van der Waals surface area contributed by atoms with E-state index in [9.17, 15) is 35.5 Å². The van der Waals surface area contributed by atoms with Gasteiger partial charge in [0.15, 0.2) is 0 Å². The molecular formula is C11H10F7NO. The molecule has 1 saturated carbocycles. The third-order valence-corrected chi connectivity index (χ3v) is 3.98. The first-order valence-corrected chi connectivity index (χ1v) is 5.71. The minimum Gasteiger partial charge on any atom is -0.369 e. The average molecular weight is 305 g/mol. The number of alkyl halides is 7. The lowest BCUT2D eigenvalue weighted by Gasteiger charge is -2.37. The molecule has 0 aromatic heterocycles. The minimum absolute atomic E-state index is 0.0677. The number of carbonyl (C=O) groups is 1. The lowest BCUT2D eigenvalue weighted by atomic mass is 9.76. The molecule has 1 amide bonds. The number of allylic oxidation sites excluding steroid dienone is 2. The topological polar surface area (TPSA) is 43.1 Å². The van der Waals surface area contributed by atoms with E-state index >= 15 is 0 Å². The number of primary amides is 1. The number of nitrogens with two attached hydrogens (primary N) is 1. The molecule has 0 radical (unpaired) electrons. The molecule has 1 fully saturated rings. The molecule has 2 aliphatic carbocycles. The van der Waals surface area contributed by atoms with E-state index in [2.05, 4.69) is 0 Å². The SMILES string of the molecule is NC(=O)[C@H]1[C@H](C(F)(F)C(F)(F)C(F)(F)F)[C@H]2C=C[C@@H]1C2. The highest BCUT2D eigenvalue weighted by atomic mass is 19.4. The standard InChI is InChI=1S/C11H10F7NO/c12-9(13,10(14,15)11(16,17)18)7-5-2-1-4(3-5)6(7)8(19)20/h1-2,4-7H,3H2,(H2,19,20)/t4-,5+,6-,7-/m1/s1. The van der Waals surface area contributed by atoms with Gasteiger partial charge in [-0.05, 0) is 18.3 Å². The van der Waals surface area contributed by atoms with Gasteiger partial charge < -0.3 is 5.73 Å². The maximum absolute atomic E-state index is 13.8. The van der Waals surface area contributed by atoms with E-state index in [-0.39, 0.29) is 6.42 Å². The lowest BCUT2D eigenvalue weighted by molar-refractivity contribution is -0.369. The van der Waals surface area contributed by atoms with Crippen LogP contribution in [0.25, 0.3) is 0 Å². The molecule has 2 bridgehead atoms. The quantitative estimate of drug-likeness (QED) is 0.632. The van der Waals surface area contributed by atoms with Gasteiger partial charge in [0, 0.05) is 5.92 Å². The number of carbonyl (C=O) groups excluding carboxylic acids is 1. The molecule has 20 heavy (non-hydrogen) atoms. The molecule has 0 aromatic rings. The molecule has 0 unspecified atom stereocenters. The highest BCUT2D eigenvalue weighted by molar-refractivity contribution is 5.78. The van der Waals surface area contributed by atoms with Gasteiger partial charge in [-0.25, -0.2) is 0 Å². The molecule has 114 valence electrons. The molecule has 2 rings (SSSR count). The van der Waals surface area contributed by atoms with E-state index in [0.717, 1.165) is 6.08 Å². The maximum atomic E-state index is 13.8. The van der Waals surface area contributed by atoms with Crippen molar-refractivity contribution in [1.82, 2.24) is 0 Å². The van der Waals surface area contributed by atoms with Crippen molar-refractivity contribution in [3.8, 4) is 0 Å². The fourth-order valence-electron chi connectivity index (χ4n) is 3.10. The van der Waals surface area contributed by atoms with Crippen LogP contribution in [-0.4, -0.2) is 23.9 Å². The van der Waals surface area contributed by atoms with E-state index < -0.39 is 47.6 Å². The van der Waals surface area contributed by atoms with Crippen LogP contribution in [0, 0.1) is 23.7 Å². The Hall–Kier alpha value is -1.28. The van der Waals surface area contributed by atoms with Crippen molar-refractivity contribution >= 4 is 5.91 Å². The fraction of sp³-hybridized carbons (Fsp3) is 0.727. The normalized spacial score (nSPS) is 33.8. The van der Waals surface area contributed by atoms with Gasteiger partial charge in [-0.3, -0.25) is 4.79 Å². The minimum atomic E-state index is -6.40. The summed E-state index contributed by atoms with van der Waals surface area (Å²) in [5.41, 5.74) is 4.89. The fourth-order valence-corrected chi connectivity index (χ4v) is 3.10. The zero-order chi connectivity index (χ0) is 15.5. The van der Waals surface area contributed by atoms with Crippen molar-refractivity contribution in [2.45, 2.75) is 24.4 Å². The molecule has 2 aliphatic rings. The first kappa shape index (κ1) is 15.1. The largest absolute Gasteiger partial charge is 0.459 e. The zero-order valence-electron chi connectivity index (χ0n) is 9.80. The number of amides is 1. The summed E-state index contributed by atoms with van der Waals surface area (Å²) in [5.74, 6) is -19.1. The predicted octanol–water partition coefficient (Wildman–Crippen LogP) is 2.74. The molecule has 4 atom stereocenters. The number of halogens is 7. The summed E-state index contributed by atoms with van der Waals surface area (Å²) in [6.45, 7) is 0. The molecular weight excluding hydrogens is 295 g/mol. The van der Waals surface area contributed by atoms with Crippen LogP contribution < -0.4 is 5.73 Å². The van der Waals surface area contributed by atoms with Gasteiger partial charge in [-0.15, -0.1) is 0 Å². The van der Waals surface area contributed by atoms with Crippen LogP contribution >= 0.6 is 0 Å². The second-order valence-corrected chi connectivity index (χ2v) is 5.10. The van der Waals surface area contributed by atoms with Crippen LogP contribution in [0.1, 0.15) is 6.42 Å². The van der Waals surface area contributed by atoms with Gasteiger partial charge >= 0.3 is 18.0 Å². The Bertz CT molecular complexity index is 456. The molecule has 0 saturated heterocycles. The number of fused-ring (bicyclic) bond motifs is 2. The summed E-state index contributed by atoms with van der Waals surface area (Å²) in [7, 11) is 0. The van der Waals surface area contributed by atoms with Gasteiger partial charge in [0.2, 0.25) is 5.91 Å². The van der Waals surface area contributed by atoms with E-state index in [1.165, 1.54) is 6.08 Å². The van der Waals surface area contributed by atoms with Crippen molar-refractivity contribution in [1.29, 1.82) is 0 Å². The Morgan fingerprint density at radius 1 is 1.00 bits per heavy atom. The average Bonchev–Trinajstić information content (AvgIpc) is 2.86. The molecule has 2 N–H and O–H groups in total. The van der Waals surface area contributed by atoms with Crippen LogP contribution in [0.15, 0.2) is 12.2 Å². The molecule has 0 aliphatic heterocycles. The molecule has 0 aromatic carbocycles. The van der Waals surface area contributed by atoms with E-state index in [1.807, 2.05) is 0 Å². The highest BCUT2D eigenvalue weighted by Crippen LogP contribution is 2.60. The summed E-state index contributed by atoms with van der Waals surface area (Å²) in [4.78, 5) is 11.2. The van der Waals surface area contributed by atoms with Gasteiger partial charge in [0.25, 0.3) is 0 Å². The van der Waals surface area contributed by atoms with Crippen molar-refractivity contribution in [2.75, 3.05) is 0 Å². The number of hydrogen-bond acceptors (Lipinski definition) is 1. The Morgan fingerprint density at radius 2 is 1.50 bits per heavy atom. The number of hydrogen-bond donors (Lipinski definition) is 1. The summed E-state index contributed by atoms with van der Waals surface area (Å²) >= 11 is 0. The second-order valence-electron chi connectivity index (χ2n) is 5.10. The Labute approximate surface area is 108 Å². The molecule has 0 spiro atoms. The maximum Gasteiger partial charge on any atom is 0.459 e. The van der Waals surface area contributed by atoms with E-state index in [0.29, 0.717) is 0 Å². The third kappa shape index (κ3) is 1.81. The second kappa shape index (κ2) is 4.11. The lowest BCUT2D eigenvalue weighted by Crippen LogP contribution is -2.59. The Kier molecular flexibility index (Phi) is 3.11. The van der Waals surface area contributed by atoms with Crippen molar-refractivity contribution in [3.63, 3.8) is 0 Å². The van der Waals surface area contributed by atoms with Crippen molar-refractivity contribution in [3.05, 3.63) is 12.2 Å². The summed E-state index contributed by atoms with van der Waals surface area (Å²) in [6, 6.07) is 0. The zero-order valence-corrected chi connectivity index (χ0v) is 9.80.